The van der Waals surface area contributed by atoms with Crippen molar-refractivity contribution in [1.29, 1.82) is 0 Å². The molecule has 1 N–H and O–H groups in total. The fourth-order valence-corrected chi connectivity index (χ4v) is 4.93. The number of amides is 2. The lowest BCUT2D eigenvalue weighted by molar-refractivity contribution is -0.127. The Kier molecular flexibility index (Phi) is 5.16. The topological polar surface area (TPSA) is 70.1 Å². The second kappa shape index (κ2) is 7.29. The van der Waals surface area contributed by atoms with Crippen molar-refractivity contribution in [2.24, 2.45) is 5.41 Å². The van der Waals surface area contributed by atoms with Crippen LogP contribution in [0.1, 0.15) is 63.6 Å². The molecule has 1 atom stereocenters. The van der Waals surface area contributed by atoms with E-state index in [-0.39, 0.29) is 16.3 Å². The third kappa shape index (κ3) is 3.96. The van der Waals surface area contributed by atoms with E-state index in [0.29, 0.717) is 43.5 Å². The Morgan fingerprint density at radius 3 is 2.70 bits per heavy atom. The summed E-state index contributed by atoms with van der Waals surface area (Å²) in [7, 11) is 0. The molecule has 4 rings (SSSR count). The van der Waals surface area contributed by atoms with Crippen LogP contribution in [0.15, 0.2) is 6.07 Å². The van der Waals surface area contributed by atoms with E-state index in [2.05, 4.69) is 0 Å². The normalized spacial score (nSPS) is 22.4. The first-order valence-corrected chi connectivity index (χ1v) is 10.8. The number of phenolic OH excluding ortho intramolecular Hbond substituents is 1. The molecule has 2 aliphatic heterocycles. The number of hydrogen-bond donors (Lipinski definition) is 1. The number of nitrogens with zero attached hydrogens (tertiary/aromatic N) is 2. The van der Waals surface area contributed by atoms with E-state index in [9.17, 15) is 19.1 Å². The Labute approximate surface area is 180 Å². The molecule has 1 aromatic carbocycles. The second-order valence-electron chi connectivity index (χ2n) is 9.80. The summed E-state index contributed by atoms with van der Waals surface area (Å²) in [6, 6.07) is 0.483. The second-order valence-corrected chi connectivity index (χ2v) is 10.2. The molecule has 1 saturated carbocycles. The smallest absolute Gasteiger partial charge is 0.410 e. The van der Waals surface area contributed by atoms with Gasteiger partial charge in [-0.25, -0.2) is 9.18 Å². The third-order valence-electron chi connectivity index (χ3n) is 6.32. The van der Waals surface area contributed by atoms with Gasteiger partial charge < -0.3 is 19.6 Å². The molecule has 0 aromatic heterocycles. The molecule has 1 saturated heterocycles. The van der Waals surface area contributed by atoms with Crippen LogP contribution < -0.4 is 0 Å². The van der Waals surface area contributed by atoms with Crippen LogP contribution in [0.3, 0.4) is 0 Å². The number of rotatable bonds is 3. The molecule has 30 heavy (non-hydrogen) atoms. The van der Waals surface area contributed by atoms with Gasteiger partial charge in [0.25, 0.3) is 0 Å². The summed E-state index contributed by atoms with van der Waals surface area (Å²) >= 11 is 6.26. The molecule has 0 bridgehead atoms. The molecule has 164 valence electrons. The van der Waals surface area contributed by atoms with Gasteiger partial charge in [-0.15, -0.1) is 0 Å². The molecular weight excluding hydrogens is 411 g/mol. The standard InChI is InChI=1S/C22H28ClFN2O4/c1-21(2,3)30-20(29)26-9-4-13-14(23)10-15(24)19(28)18(13)16(26)5-8-25-12-22(6-7-22)11-17(25)27/h10,16,28H,4-9,11-12H2,1-3H3/t16-/m1/s1. The van der Waals surface area contributed by atoms with E-state index in [1.54, 1.807) is 20.8 Å². The molecule has 1 spiro atoms. The average molecular weight is 439 g/mol. The van der Waals surface area contributed by atoms with Gasteiger partial charge in [0, 0.05) is 36.6 Å². The molecule has 0 radical (unpaired) electrons. The van der Waals surface area contributed by atoms with Crippen LogP contribution in [0.5, 0.6) is 5.75 Å². The molecule has 1 aliphatic carbocycles. The van der Waals surface area contributed by atoms with Gasteiger partial charge in [0.05, 0.1) is 6.04 Å². The van der Waals surface area contributed by atoms with E-state index >= 15 is 0 Å². The molecule has 8 heteroatoms. The summed E-state index contributed by atoms with van der Waals surface area (Å²) in [5, 5.41) is 10.8. The SMILES string of the molecule is CC(C)(C)OC(=O)N1CCc2c(Cl)cc(F)c(O)c2[C@H]1CCN1CC2(CC2)CC1=O. The van der Waals surface area contributed by atoms with Gasteiger partial charge in [0.1, 0.15) is 5.60 Å². The van der Waals surface area contributed by atoms with Crippen LogP contribution in [-0.2, 0) is 16.0 Å². The summed E-state index contributed by atoms with van der Waals surface area (Å²) in [6.45, 7) is 6.85. The van der Waals surface area contributed by atoms with E-state index in [1.165, 1.54) is 4.90 Å². The molecule has 0 unspecified atom stereocenters. The Morgan fingerprint density at radius 2 is 2.10 bits per heavy atom. The number of carbonyl (C=O) groups excluding carboxylic acids is 2. The number of phenols is 1. The summed E-state index contributed by atoms with van der Waals surface area (Å²) in [5.74, 6) is -1.18. The highest BCUT2D eigenvalue weighted by molar-refractivity contribution is 6.31. The molecule has 2 amide bonds. The minimum Gasteiger partial charge on any atom is -0.505 e. The van der Waals surface area contributed by atoms with Crippen molar-refractivity contribution in [3.05, 3.63) is 28.0 Å². The lowest BCUT2D eigenvalue weighted by Crippen LogP contribution is -2.44. The van der Waals surface area contributed by atoms with Crippen LogP contribution in [0.2, 0.25) is 5.02 Å². The highest BCUT2D eigenvalue weighted by atomic mass is 35.5. The molecule has 1 aromatic rings. The van der Waals surface area contributed by atoms with Crippen LogP contribution in [-0.4, -0.2) is 52.1 Å². The van der Waals surface area contributed by atoms with Gasteiger partial charge >= 0.3 is 6.09 Å². The molecule has 3 aliphatic rings. The van der Waals surface area contributed by atoms with Crippen molar-refractivity contribution in [3.63, 3.8) is 0 Å². The van der Waals surface area contributed by atoms with Gasteiger partial charge in [-0.1, -0.05) is 11.6 Å². The maximum atomic E-state index is 14.3. The van der Waals surface area contributed by atoms with Crippen molar-refractivity contribution >= 4 is 23.6 Å². The Hall–Kier alpha value is -2.02. The van der Waals surface area contributed by atoms with Crippen molar-refractivity contribution < 1.29 is 23.8 Å². The van der Waals surface area contributed by atoms with Gasteiger partial charge in [-0.3, -0.25) is 4.79 Å². The third-order valence-corrected chi connectivity index (χ3v) is 6.66. The number of fused-ring (bicyclic) bond motifs is 1. The summed E-state index contributed by atoms with van der Waals surface area (Å²) in [6.07, 6.45) is 2.98. The van der Waals surface area contributed by atoms with Gasteiger partial charge in [-0.05, 0) is 63.5 Å². The average Bonchev–Trinajstić information content (AvgIpc) is 3.31. The van der Waals surface area contributed by atoms with Crippen molar-refractivity contribution in [2.75, 3.05) is 19.6 Å². The minimum absolute atomic E-state index is 0.119. The zero-order valence-corrected chi connectivity index (χ0v) is 18.4. The first kappa shape index (κ1) is 21.2. The number of likely N-dealkylation sites (tertiary alicyclic amines) is 1. The molecule has 2 heterocycles. The fraction of sp³-hybridized carbons (Fsp3) is 0.636. The van der Waals surface area contributed by atoms with Gasteiger partial charge in [0.15, 0.2) is 11.6 Å². The van der Waals surface area contributed by atoms with Crippen LogP contribution in [0, 0.1) is 11.2 Å². The van der Waals surface area contributed by atoms with Crippen LogP contribution >= 0.6 is 11.6 Å². The number of carbonyl (C=O) groups is 2. The highest BCUT2D eigenvalue weighted by Crippen LogP contribution is 2.53. The van der Waals surface area contributed by atoms with Gasteiger partial charge in [-0.2, -0.15) is 0 Å². The number of ether oxygens (including phenoxy) is 1. The molecular formula is C22H28ClFN2O4. The zero-order valence-electron chi connectivity index (χ0n) is 17.6. The number of benzene rings is 1. The fourth-order valence-electron chi connectivity index (χ4n) is 4.64. The van der Waals surface area contributed by atoms with E-state index in [0.717, 1.165) is 25.5 Å². The van der Waals surface area contributed by atoms with Crippen LogP contribution in [0.4, 0.5) is 9.18 Å². The number of hydrogen-bond acceptors (Lipinski definition) is 4. The van der Waals surface area contributed by atoms with Crippen LogP contribution in [0.25, 0.3) is 0 Å². The Bertz CT molecular complexity index is 894. The highest BCUT2D eigenvalue weighted by Gasteiger charge is 2.51. The maximum absolute atomic E-state index is 14.3. The minimum atomic E-state index is -0.816. The zero-order chi connectivity index (χ0) is 21.8. The molecule has 2 fully saturated rings. The van der Waals surface area contributed by atoms with E-state index in [1.807, 2.05) is 4.90 Å². The predicted octanol–water partition coefficient (Wildman–Crippen LogP) is 4.42. The Balaban J connectivity index is 1.63. The lowest BCUT2D eigenvalue weighted by atomic mass is 9.89. The first-order chi connectivity index (χ1) is 14.0. The molecule has 6 nitrogen and oxygen atoms in total. The van der Waals surface area contributed by atoms with Crippen molar-refractivity contribution in [2.45, 2.75) is 64.5 Å². The van der Waals surface area contributed by atoms with Gasteiger partial charge in [0.2, 0.25) is 5.91 Å². The van der Waals surface area contributed by atoms with E-state index < -0.39 is 29.3 Å². The largest absolute Gasteiger partial charge is 0.505 e. The number of halogens is 2. The summed E-state index contributed by atoms with van der Waals surface area (Å²) < 4.78 is 19.9. The first-order valence-electron chi connectivity index (χ1n) is 10.5. The monoisotopic (exact) mass is 438 g/mol. The predicted molar refractivity (Wildman–Crippen MR) is 110 cm³/mol. The quantitative estimate of drug-likeness (QED) is 0.758. The summed E-state index contributed by atoms with van der Waals surface area (Å²) in [5.41, 5.74) is 0.424. The van der Waals surface area contributed by atoms with Crippen molar-refractivity contribution in [1.82, 2.24) is 9.80 Å². The van der Waals surface area contributed by atoms with Crippen molar-refractivity contribution in [3.8, 4) is 5.75 Å². The lowest BCUT2D eigenvalue weighted by Gasteiger charge is -2.39. The Morgan fingerprint density at radius 1 is 1.40 bits per heavy atom. The maximum Gasteiger partial charge on any atom is 0.410 e. The summed E-state index contributed by atoms with van der Waals surface area (Å²) in [4.78, 5) is 28.7. The van der Waals surface area contributed by atoms with E-state index in [4.69, 9.17) is 16.3 Å². The number of aromatic hydroxyl groups is 1.